The van der Waals surface area contributed by atoms with Crippen LogP contribution in [0.4, 0.5) is 8.78 Å². The summed E-state index contributed by atoms with van der Waals surface area (Å²) in [6.07, 6.45) is -0.480. The van der Waals surface area contributed by atoms with Crippen molar-refractivity contribution < 1.29 is 28.5 Å². The van der Waals surface area contributed by atoms with Gasteiger partial charge in [0.1, 0.15) is 58.2 Å². The smallest absolute Gasteiger partial charge is 0.154 e. The first-order valence-corrected chi connectivity index (χ1v) is 11.7. The van der Waals surface area contributed by atoms with Crippen LogP contribution in [0.5, 0.6) is 0 Å². The Bertz CT molecular complexity index is 1250. The highest BCUT2D eigenvalue weighted by Crippen LogP contribution is 2.40. The molecule has 0 bridgehead atoms. The molecule has 0 spiro atoms. The van der Waals surface area contributed by atoms with Gasteiger partial charge >= 0.3 is 0 Å². The lowest BCUT2D eigenvalue weighted by atomic mass is 9.97. The van der Waals surface area contributed by atoms with Crippen LogP contribution in [0.15, 0.2) is 35.5 Å². The van der Waals surface area contributed by atoms with E-state index in [1.807, 2.05) is 6.07 Å². The number of halogens is 4. The number of benzene rings is 1. The minimum atomic E-state index is -1.29. The monoisotopic (exact) mass is 543 g/mol. The highest BCUT2D eigenvalue weighted by molar-refractivity contribution is 7.99. The van der Waals surface area contributed by atoms with Crippen LogP contribution in [0, 0.1) is 23.0 Å². The largest absolute Gasteiger partial charge is 0.394 e. The Morgan fingerprint density at radius 1 is 1.29 bits per heavy atom. The van der Waals surface area contributed by atoms with Crippen molar-refractivity contribution in [2.24, 2.45) is 0 Å². The summed E-state index contributed by atoms with van der Waals surface area (Å²) in [7, 11) is 1.39. The average molecular weight is 544 g/mol. The number of thioether (sulfide) groups is 1. The Balaban J connectivity index is 1.70. The number of aromatic nitrogens is 4. The van der Waals surface area contributed by atoms with Gasteiger partial charge in [0.2, 0.25) is 0 Å². The molecule has 1 fully saturated rings. The molecular formula is C21H17Cl2F2N5O4S. The molecule has 0 amide bonds. The second-order valence-corrected chi connectivity index (χ2v) is 9.43. The van der Waals surface area contributed by atoms with E-state index in [1.165, 1.54) is 24.2 Å². The second kappa shape index (κ2) is 10.7. The molecule has 9 nitrogen and oxygen atoms in total. The van der Waals surface area contributed by atoms with Crippen molar-refractivity contribution in [3.63, 3.8) is 0 Å². The molecule has 3 unspecified atom stereocenters. The van der Waals surface area contributed by atoms with Crippen LogP contribution in [-0.2, 0) is 9.47 Å². The summed E-state index contributed by atoms with van der Waals surface area (Å²) >= 11 is 12.7. The van der Waals surface area contributed by atoms with Gasteiger partial charge in [-0.2, -0.15) is 5.26 Å². The van der Waals surface area contributed by atoms with Gasteiger partial charge in [-0.05, 0) is 18.2 Å². The molecule has 1 aromatic carbocycles. The Morgan fingerprint density at radius 3 is 2.63 bits per heavy atom. The lowest BCUT2D eigenvalue weighted by molar-refractivity contribution is -0.186. The molecule has 4 rings (SSSR count). The molecular weight excluding hydrogens is 527 g/mol. The molecule has 3 heterocycles. The number of aliphatic hydroxyl groups is 2. The molecule has 35 heavy (non-hydrogen) atoms. The van der Waals surface area contributed by atoms with E-state index in [4.69, 9.17) is 32.7 Å². The Labute approximate surface area is 212 Å². The maximum atomic E-state index is 13.9. The summed E-state index contributed by atoms with van der Waals surface area (Å²) in [4.78, 5) is 4.40. The van der Waals surface area contributed by atoms with Gasteiger partial charge in [-0.15, -0.1) is 5.10 Å². The molecule has 14 heteroatoms. The van der Waals surface area contributed by atoms with Crippen molar-refractivity contribution >= 4 is 35.0 Å². The number of hydrogen-bond acceptors (Lipinski definition) is 9. The minimum absolute atomic E-state index is 0.0828. The number of ether oxygens (including phenoxy) is 2. The fraction of sp³-hybridized carbons (Fsp3) is 0.333. The topological polar surface area (TPSA) is 126 Å². The van der Waals surface area contributed by atoms with Crippen LogP contribution in [0.25, 0.3) is 11.3 Å². The van der Waals surface area contributed by atoms with Gasteiger partial charge in [0.25, 0.3) is 0 Å². The normalized spacial score (nSPS) is 24.3. The van der Waals surface area contributed by atoms with Gasteiger partial charge in [-0.1, -0.05) is 40.2 Å². The number of aliphatic hydroxyl groups excluding tert-OH is 2. The van der Waals surface area contributed by atoms with Crippen LogP contribution in [0.1, 0.15) is 11.7 Å². The van der Waals surface area contributed by atoms with E-state index < -0.39 is 53.1 Å². The summed E-state index contributed by atoms with van der Waals surface area (Å²) in [6, 6.07) is 4.61. The molecule has 2 N–H and O–H groups in total. The summed E-state index contributed by atoms with van der Waals surface area (Å²) < 4.78 is 40.7. The minimum Gasteiger partial charge on any atom is -0.394 e. The summed E-state index contributed by atoms with van der Waals surface area (Å²) in [6.45, 7) is -0.529. The van der Waals surface area contributed by atoms with Crippen LogP contribution >= 0.6 is 35.0 Å². The van der Waals surface area contributed by atoms with Gasteiger partial charge in [0.05, 0.1) is 17.8 Å². The van der Waals surface area contributed by atoms with E-state index in [1.54, 1.807) is 6.07 Å². The van der Waals surface area contributed by atoms with Gasteiger partial charge in [0.15, 0.2) is 5.69 Å². The predicted molar refractivity (Wildman–Crippen MR) is 122 cm³/mol. The third kappa shape index (κ3) is 5.12. The number of methoxy groups -OCH3 is 1. The number of nitriles is 1. The van der Waals surface area contributed by atoms with Crippen molar-refractivity contribution in [3.05, 3.63) is 58.0 Å². The standard InChI is InChI=1S/C21H17Cl2F2N5O4S/c1-33-20-18(30-7-14(28-29-30)9-2-11(24)17(23)12(25)3-9)19(32)15(8-31)34-21(20)35-16-4-10(22)6-27-13(16)5-26/h2-4,6-7,15,18-21,31-32H,8H2,1H3/t15?,18?,19-,20?,21+/m0/s1. The highest BCUT2D eigenvalue weighted by Gasteiger charge is 2.47. The maximum absolute atomic E-state index is 13.9. The first-order chi connectivity index (χ1) is 16.8. The lowest BCUT2D eigenvalue weighted by Crippen LogP contribution is -2.55. The number of hydrogen-bond donors (Lipinski definition) is 2. The highest BCUT2D eigenvalue weighted by atomic mass is 35.5. The van der Waals surface area contributed by atoms with Crippen LogP contribution in [0.2, 0.25) is 10.0 Å². The van der Waals surface area contributed by atoms with E-state index in [0.717, 1.165) is 23.9 Å². The molecule has 184 valence electrons. The molecule has 2 aromatic heterocycles. The molecule has 1 aliphatic rings. The SMILES string of the molecule is COC1C(n2cc(-c3cc(F)c(Cl)c(F)c3)nn2)[C@@H](O)C(CO)O[C@@H]1Sc1cc(Cl)cnc1C#N. The van der Waals surface area contributed by atoms with Gasteiger partial charge in [-0.25, -0.2) is 18.4 Å². The fourth-order valence-electron chi connectivity index (χ4n) is 3.69. The summed E-state index contributed by atoms with van der Waals surface area (Å²) in [5, 5.41) is 37.8. The zero-order valence-corrected chi connectivity index (χ0v) is 20.2. The van der Waals surface area contributed by atoms with Crippen LogP contribution < -0.4 is 0 Å². The predicted octanol–water partition coefficient (Wildman–Crippen LogP) is 3.22. The zero-order chi connectivity index (χ0) is 25.3. The van der Waals surface area contributed by atoms with E-state index in [9.17, 15) is 24.3 Å². The third-order valence-electron chi connectivity index (χ3n) is 5.36. The number of nitrogens with zero attached hydrogens (tertiary/aromatic N) is 5. The quantitative estimate of drug-likeness (QED) is 0.450. The van der Waals surface area contributed by atoms with Crippen LogP contribution in [0.3, 0.4) is 0 Å². The van der Waals surface area contributed by atoms with Crippen molar-refractivity contribution in [1.29, 1.82) is 5.26 Å². The first kappa shape index (κ1) is 25.7. The van der Waals surface area contributed by atoms with Crippen molar-refractivity contribution in [1.82, 2.24) is 20.0 Å². The molecule has 1 saturated heterocycles. The molecule has 0 radical (unpaired) electrons. The third-order valence-corrected chi connectivity index (χ3v) is 7.10. The first-order valence-electron chi connectivity index (χ1n) is 10.0. The molecule has 0 aliphatic carbocycles. The Morgan fingerprint density at radius 2 is 2.00 bits per heavy atom. The zero-order valence-electron chi connectivity index (χ0n) is 17.8. The van der Waals surface area contributed by atoms with E-state index in [-0.39, 0.29) is 17.0 Å². The molecule has 5 atom stereocenters. The van der Waals surface area contributed by atoms with Crippen molar-refractivity contribution in [2.75, 3.05) is 13.7 Å². The van der Waals surface area contributed by atoms with E-state index in [0.29, 0.717) is 9.92 Å². The van der Waals surface area contributed by atoms with Gasteiger partial charge in [-0.3, -0.25) is 0 Å². The Hall–Kier alpha value is -2.37. The number of rotatable bonds is 6. The van der Waals surface area contributed by atoms with Gasteiger partial charge < -0.3 is 19.7 Å². The van der Waals surface area contributed by atoms with Crippen LogP contribution in [-0.4, -0.2) is 67.7 Å². The Kier molecular flexibility index (Phi) is 7.87. The molecule has 1 aliphatic heterocycles. The summed E-state index contributed by atoms with van der Waals surface area (Å²) in [5.74, 6) is -1.92. The second-order valence-electron chi connectivity index (χ2n) is 7.47. The molecule has 3 aromatic rings. The molecule has 0 saturated carbocycles. The van der Waals surface area contributed by atoms with Gasteiger partial charge in [0, 0.05) is 23.8 Å². The maximum Gasteiger partial charge on any atom is 0.154 e. The lowest BCUT2D eigenvalue weighted by Gasteiger charge is -2.43. The van der Waals surface area contributed by atoms with Crippen molar-refractivity contribution in [3.8, 4) is 17.3 Å². The number of pyridine rings is 1. The average Bonchev–Trinajstić information content (AvgIpc) is 3.32. The van der Waals surface area contributed by atoms with Crippen molar-refractivity contribution in [2.45, 2.75) is 34.7 Å². The summed E-state index contributed by atoms with van der Waals surface area (Å²) in [5.41, 5.74) is -0.532. The fourth-order valence-corrected chi connectivity index (χ4v) is 5.28. The van der Waals surface area contributed by atoms with E-state index in [2.05, 4.69) is 15.3 Å². The van der Waals surface area contributed by atoms with E-state index >= 15 is 0 Å².